The molecule has 1 atom stereocenters. The van der Waals surface area contributed by atoms with Gasteiger partial charge >= 0.3 is 0 Å². The minimum atomic E-state index is -0.753. The van der Waals surface area contributed by atoms with Crippen molar-refractivity contribution in [2.24, 2.45) is 0 Å². The molecule has 1 N–H and O–H groups in total. The van der Waals surface area contributed by atoms with E-state index in [2.05, 4.69) is 22.9 Å². The number of Topliss-reactive ketones (excluding diaryl/α,β-unsaturated/α-hetero) is 1. The van der Waals surface area contributed by atoms with E-state index >= 15 is 0 Å². The first-order valence-corrected chi connectivity index (χ1v) is 16.5. The van der Waals surface area contributed by atoms with Crippen LogP contribution in [0.15, 0.2) is 52.5 Å². The second-order valence-corrected chi connectivity index (χ2v) is 12.1. The minimum Gasteiger partial charge on any atom is -0.507 e. The van der Waals surface area contributed by atoms with Crippen LogP contribution in [0.4, 0.5) is 0 Å². The van der Waals surface area contributed by atoms with Crippen LogP contribution in [0.1, 0.15) is 114 Å². The molecule has 3 rings (SSSR count). The van der Waals surface area contributed by atoms with Crippen molar-refractivity contribution < 1.29 is 24.2 Å². The highest BCUT2D eigenvalue weighted by Gasteiger charge is 2.46. The van der Waals surface area contributed by atoms with Gasteiger partial charge in [-0.25, -0.2) is 0 Å². The molecule has 1 fully saturated rings. The molecule has 1 unspecified atom stereocenters. The molecule has 1 aliphatic rings. The Labute approximate surface area is 260 Å². The van der Waals surface area contributed by atoms with Gasteiger partial charge in [0.1, 0.15) is 17.3 Å². The molecule has 0 saturated carbocycles. The first-order chi connectivity index (χ1) is 20.4. The SMILES string of the molecule is CCCCCCCCCCCCCCCCN1C(=O)C(=O)/C(=C(/O)c2ccc(Br)cc2)C1c1ccc(OC)cc1OC. The van der Waals surface area contributed by atoms with Crippen molar-refractivity contribution >= 4 is 33.4 Å². The number of benzene rings is 2. The summed E-state index contributed by atoms with van der Waals surface area (Å²) in [6.45, 7) is 2.69. The number of methoxy groups -OCH3 is 2. The number of nitrogens with zero attached hydrogens (tertiary/aromatic N) is 1. The zero-order chi connectivity index (χ0) is 30.3. The van der Waals surface area contributed by atoms with Crippen molar-refractivity contribution in [3.63, 3.8) is 0 Å². The zero-order valence-corrected chi connectivity index (χ0v) is 27.2. The van der Waals surface area contributed by atoms with Crippen LogP contribution in [0.2, 0.25) is 0 Å². The number of ether oxygens (including phenoxy) is 2. The topological polar surface area (TPSA) is 76.1 Å². The number of aliphatic hydroxyl groups excluding tert-OH is 1. The number of amides is 1. The molecule has 6 nitrogen and oxygen atoms in total. The van der Waals surface area contributed by atoms with Crippen LogP contribution < -0.4 is 9.47 Å². The minimum absolute atomic E-state index is 0.0798. The molecule has 0 spiro atoms. The summed E-state index contributed by atoms with van der Waals surface area (Å²) >= 11 is 3.41. The lowest BCUT2D eigenvalue weighted by atomic mass is 9.94. The Bertz CT molecular complexity index is 1180. The molecule has 1 heterocycles. The summed E-state index contributed by atoms with van der Waals surface area (Å²) in [7, 11) is 3.12. The normalized spacial score (nSPS) is 16.3. The summed E-state index contributed by atoms with van der Waals surface area (Å²) in [5.41, 5.74) is 1.20. The van der Waals surface area contributed by atoms with E-state index in [0.29, 0.717) is 29.2 Å². The molecule has 1 amide bonds. The predicted octanol–water partition coefficient (Wildman–Crippen LogP) is 9.37. The van der Waals surface area contributed by atoms with Gasteiger partial charge in [0.05, 0.1) is 25.8 Å². The fraction of sp³-hybridized carbons (Fsp3) is 0.543. The van der Waals surface area contributed by atoms with E-state index in [1.54, 1.807) is 61.6 Å². The lowest BCUT2D eigenvalue weighted by molar-refractivity contribution is -0.139. The summed E-state index contributed by atoms with van der Waals surface area (Å²) < 4.78 is 11.9. The van der Waals surface area contributed by atoms with Crippen LogP contribution >= 0.6 is 15.9 Å². The van der Waals surface area contributed by atoms with E-state index < -0.39 is 17.7 Å². The molecule has 42 heavy (non-hydrogen) atoms. The number of aliphatic hydroxyl groups is 1. The van der Waals surface area contributed by atoms with Gasteiger partial charge in [-0.15, -0.1) is 0 Å². The first kappa shape index (κ1) is 33.7. The second-order valence-electron chi connectivity index (χ2n) is 11.2. The summed E-state index contributed by atoms with van der Waals surface area (Å²) in [4.78, 5) is 28.3. The van der Waals surface area contributed by atoms with Crippen molar-refractivity contribution in [2.45, 2.75) is 103 Å². The van der Waals surface area contributed by atoms with Gasteiger partial charge in [0.15, 0.2) is 0 Å². The number of unbranched alkanes of at least 4 members (excludes halogenated alkanes) is 13. The standard InChI is InChI=1S/C35H48BrNO5/c1-4-5-6-7-8-9-10-11-12-13-14-15-16-17-24-37-32(29-23-22-28(41-2)25-30(29)42-3)31(34(39)35(37)40)33(38)26-18-20-27(36)21-19-26/h18-23,25,32,38H,4-17,24H2,1-3H3/b33-31+. The van der Waals surface area contributed by atoms with Gasteiger partial charge in [0.25, 0.3) is 11.7 Å². The van der Waals surface area contributed by atoms with E-state index in [1.165, 1.54) is 70.6 Å². The summed E-state index contributed by atoms with van der Waals surface area (Å²) in [5, 5.41) is 11.3. The lowest BCUT2D eigenvalue weighted by Gasteiger charge is -2.27. The number of hydrogen-bond donors (Lipinski definition) is 1. The van der Waals surface area contributed by atoms with Crippen LogP contribution in [-0.4, -0.2) is 42.5 Å². The maximum atomic E-state index is 13.4. The van der Waals surface area contributed by atoms with E-state index in [9.17, 15) is 14.7 Å². The van der Waals surface area contributed by atoms with Crippen LogP contribution in [-0.2, 0) is 9.59 Å². The summed E-state index contributed by atoms with van der Waals surface area (Å²) in [6.07, 6.45) is 17.4. The molecule has 0 bridgehead atoms. The summed E-state index contributed by atoms with van der Waals surface area (Å²) in [5.74, 6) is -0.358. The molecule has 0 aromatic heterocycles. The molecule has 2 aromatic rings. The Morgan fingerprint density at radius 2 is 1.33 bits per heavy atom. The monoisotopic (exact) mass is 641 g/mol. The molecular formula is C35H48BrNO5. The molecular weight excluding hydrogens is 594 g/mol. The fourth-order valence-corrected chi connectivity index (χ4v) is 5.98. The predicted molar refractivity (Wildman–Crippen MR) is 173 cm³/mol. The van der Waals surface area contributed by atoms with Crippen LogP contribution in [0.5, 0.6) is 11.5 Å². The Morgan fingerprint density at radius 3 is 1.86 bits per heavy atom. The number of rotatable bonds is 19. The Morgan fingerprint density at radius 1 is 0.786 bits per heavy atom. The van der Waals surface area contributed by atoms with Gasteiger partial charge in [-0.3, -0.25) is 9.59 Å². The van der Waals surface area contributed by atoms with Gasteiger partial charge in [-0.2, -0.15) is 0 Å². The largest absolute Gasteiger partial charge is 0.507 e. The van der Waals surface area contributed by atoms with Crippen molar-refractivity contribution in [1.29, 1.82) is 0 Å². The highest BCUT2D eigenvalue weighted by molar-refractivity contribution is 9.10. The molecule has 0 radical (unpaired) electrons. The van der Waals surface area contributed by atoms with Crippen molar-refractivity contribution in [3.05, 3.63) is 63.6 Å². The number of hydrogen-bond acceptors (Lipinski definition) is 5. The third kappa shape index (κ3) is 9.35. The summed E-state index contributed by atoms with van der Waals surface area (Å²) in [6, 6.07) is 11.6. The van der Waals surface area contributed by atoms with Gasteiger partial charge in [0, 0.05) is 28.2 Å². The van der Waals surface area contributed by atoms with Gasteiger partial charge in [-0.05, 0) is 30.7 Å². The maximum Gasteiger partial charge on any atom is 0.295 e. The Kier molecular flexibility index (Phi) is 14.4. The van der Waals surface area contributed by atoms with E-state index in [-0.39, 0.29) is 11.3 Å². The maximum absolute atomic E-state index is 13.4. The first-order valence-electron chi connectivity index (χ1n) is 15.7. The molecule has 230 valence electrons. The van der Waals surface area contributed by atoms with Crippen molar-refractivity contribution in [1.82, 2.24) is 4.90 Å². The van der Waals surface area contributed by atoms with Crippen molar-refractivity contribution in [3.8, 4) is 11.5 Å². The number of carbonyl (C=O) groups excluding carboxylic acids is 2. The highest BCUT2D eigenvalue weighted by atomic mass is 79.9. The average Bonchev–Trinajstić information content (AvgIpc) is 3.25. The smallest absolute Gasteiger partial charge is 0.295 e. The van der Waals surface area contributed by atoms with E-state index in [4.69, 9.17) is 9.47 Å². The van der Waals surface area contributed by atoms with Crippen LogP contribution in [0.25, 0.3) is 5.76 Å². The second kappa shape index (κ2) is 18.0. The number of likely N-dealkylation sites (tertiary alicyclic amines) is 1. The number of ketones is 1. The third-order valence-corrected chi connectivity index (χ3v) is 8.67. The molecule has 2 aromatic carbocycles. The van der Waals surface area contributed by atoms with E-state index in [1.807, 2.05) is 0 Å². The fourth-order valence-electron chi connectivity index (χ4n) is 5.72. The average molecular weight is 643 g/mol. The molecule has 1 aliphatic heterocycles. The highest BCUT2D eigenvalue weighted by Crippen LogP contribution is 2.44. The van der Waals surface area contributed by atoms with Crippen LogP contribution in [0, 0.1) is 0 Å². The van der Waals surface area contributed by atoms with Gasteiger partial charge < -0.3 is 19.5 Å². The zero-order valence-electron chi connectivity index (χ0n) is 25.6. The Hall–Kier alpha value is -2.80. The van der Waals surface area contributed by atoms with Gasteiger partial charge in [0.2, 0.25) is 0 Å². The third-order valence-electron chi connectivity index (χ3n) is 8.15. The lowest BCUT2D eigenvalue weighted by Crippen LogP contribution is -2.31. The van der Waals surface area contributed by atoms with E-state index in [0.717, 1.165) is 23.7 Å². The molecule has 1 saturated heterocycles. The Balaban J connectivity index is 1.63. The number of carbonyl (C=O) groups is 2. The number of halogens is 1. The molecule has 0 aliphatic carbocycles. The quantitative estimate of drug-likeness (QED) is 0.0715. The van der Waals surface area contributed by atoms with Crippen LogP contribution in [0.3, 0.4) is 0 Å². The molecule has 7 heteroatoms. The van der Waals surface area contributed by atoms with Gasteiger partial charge in [-0.1, -0.05) is 118 Å². The van der Waals surface area contributed by atoms with Crippen molar-refractivity contribution in [2.75, 3.05) is 20.8 Å².